The summed E-state index contributed by atoms with van der Waals surface area (Å²) < 4.78 is 19.3. The SMILES string of the molecule is Nc1ncc(-c2ccc(C3CCOCC3)c([C@H]3CSCCN3)c2)cc1-c1ccnc(F)c1. The summed E-state index contributed by atoms with van der Waals surface area (Å²) in [4.78, 5) is 8.06. The number of benzene rings is 1. The average molecular weight is 451 g/mol. The quantitative estimate of drug-likeness (QED) is 0.556. The van der Waals surface area contributed by atoms with Crippen LogP contribution in [-0.4, -0.2) is 41.2 Å². The van der Waals surface area contributed by atoms with Crippen LogP contribution in [0, 0.1) is 5.95 Å². The molecule has 3 N–H and O–H groups in total. The van der Waals surface area contributed by atoms with Crippen LogP contribution in [-0.2, 0) is 4.74 Å². The van der Waals surface area contributed by atoms with E-state index >= 15 is 0 Å². The third-order valence-electron chi connectivity index (χ3n) is 6.33. The Balaban J connectivity index is 1.55. The van der Waals surface area contributed by atoms with E-state index in [1.54, 1.807) is 12.3 Å². The predicted octanol–water partition coefficient (Wildman–Crippen LogP) is 4.80. The highest BCUT2D eigenvalue weighted by Gasteiger charge is 2.25. The molecule has 1 atom stereocenters. The number of halogens is 1. The zero-order chi connectivity index (χ0) is 21.9. The minimum atomic E-state index is -0.531. The van der Waals surface area contributed by atoms with Gasteiger partial charge in [-0.1, -0.05) is 12.1 Å². The van der Waals surface area contributed by atoms with Gasteiger partial charge in [0.15, 0.2) is 0 Å². The molecule has 2 aliphatic heterocycles. The summed E-state index contributed by atoms with van der Waals surface area (Å²) in [5, 5.41) is 3.71. The lowest BCUT2D eigenvalue weighted by molar-refractivity contribution is 0.0851. The molecular formula is C25H27FN4OS. The third kappa shape index (κ3) is 4.51. The molecule has 7 heteroatoms. The normalized spacial score (nSPS) is 19.7. The first-order valence-electron chi connectivity index (χ1n) is 11.1. The Morgan fingerprint density at radius 2 is 1.88 bits per heavy atom. The summed E-state index contributed by atoms with van der Waals surface area (Å²) in [5.41, 5.74) is 12.4. The topological polar surface area (TPSA) is 73.1 Å². The fourth-order valence-electron chi connectivity index (χ4n) is 4.64. The molecule has 2 aromatic heterocycles. The molecule has 0 spiro atoms. The Labute approximate surface area is 192 Å². The number of anilines is 1. The number of hydrogen-bond donors (Lipinski definition) is 2. The van der Waals surface area contributed by atoms with E-state index in [-0.39, 0.29) is 0 Å². The summed E-state index contributed by atoms with van der Waals surface area (Å²) in [6, 6.07) is 12.2. The van der Waals surface area contributed by atoms with Gasteiger partial charge >= 0.3 is 0 Å². The van der Waals surface area contributed by atoms with Crippen LogP contribution in [0.2, 0.25) is 0 Å². The van der Waals surface area contributed by atoms with Gasteiger partial charge in [-0.25, -0.2) is 9.97 Å². The van der Waals surface area contributed by atoms with Gasteiger partial charge < -0.3 is 15.8 Å². The van der Waals surface area contributed by atoms with Gasteiger partial charge in [-0.2, -0.15) is 16.2 Å². The fraction of sp³-hybridized carbons (Fsp3) is 0.360. The van der Waals surface area contributed by atoms with Crippen molar-refractivity contribution >= 4 is 17.6 Å². The molecular weight excluding hydrogens is 423 g/mol. The van der Waals surface area contributed by atoms with Crippen LogP contribution >= 0.6 is 11.8 Å². The minimum Gasteiger partial charge on any atom is -0.383 e. The number of nitrogen functional groups attached to an aromatic ring is 1. The van der Waals surface area contributed by atoms with Crippen molar-refractivity contribution in [1.82, 2.24) is 15.3 Å². The highest BCUT2D eigenvalue weighted by Crippen LogP contribution is 2.37. The Kier molecular flexibility index (Phi) is 6.39. The second kappa shape index (κ2) is 9.57. The number of hydrogen-bond acceptors (Lipinski definition) is 6. The van der Waals surface area contributed by atoms with Gasteiger partial charge in [0, 0.05) is 66.9 Å². The number of aromatic nitrogens is 2. The van der Waals surface area contributed by atoms with Crippen LogP contribution in [0.1, 0.15) is 35.9 Å². The van der Waals surface area contributed by atoms with Crippen molar-refractivity contribution in [1.29, 1.82) is 0 Å². The van der Waals surface area contributed by atoms with E-state index in [2.05, 4.69) is 33.5 Å². The van der Waals surface area contributed by atoms with Crippen LogP contribution < -0.4 is 11.1 Å². The summed E-state index contributed by atoms with van der Waals surface area (Å²) in [7, 11) is 0. The van der Waals surface area contributed by atoms with E-state index in [4.69, 9.17) is 10.5 Å². The smallest absolute Gasteiger partial charge is 0.213 e. The molecule has 0 bridgehead atoms. The zero-order valence-electron chi connectivity index (χ0n) is 17.9. The highest BCUT2D eigenvalue weighted by atomic mass is 32.2. The van der Waals surface area contributed by atoms with Crippen molar-refractivity contribution in [3.05, 3.63) is 65.9 Å². The maximum absolute atomic E-state index is 13.7. The molecule has 1 aromatic carbocycles. The van der Waals surface area contributed by atoms with Crippen molar-refractivity contribution in [3.63, 3.8) is 0 Å². The molecule has 166 valence electrons. The van der Waals surface area contributed by atoms with Crippen molar-refractivity contribution in [2.24, 2.45) is 0 Å². The van der Waals surface area contributed by atoms with Crippen molar-refractivity contribution in [2.45, 2.75) is 24.8 Å². The Bertz CT molecular complexity index is 1100. The monoisotopic (exact) mass is 450 g/mol. The number of nitrogens with two attached hydrogens (primary N) is 1. The van der Waals surface area contributed by atoms with Crippen molar-refractivity contribution in [3.8, 4) is 22.3 Å². The number of thioether (sulfide) groups is 1. The Morgan fingerprint density at radius 3 is 2.66 bits per heavy atom. The van der Waals surface area contributed by atoms with Crippen molar-refractivity contribution in [2.75, 3.05) is 37.0 Å². The molecule has 2 aliphatic rings. The summed E-state index contributed by atoms with van der Waals surface area (Å²) in [5.74, 6) is 2.60. The summed E-state index contributed by atoms with van der Waals surface area (Å²) in [6.45, 7) is 2.67. The second-order valence-electron chi connectivity index (χ2n) is 8.34. The van der Waals surface area contributed by atoms with Gasteiger partial charge in [0.25, 0.3) is 0 Å². The van der Waals surface area contributed by atoms with E-state index in [9.17, 15) is 4.39 Å². The van der Waals surface area contributed by atoms with E-state index < -0.39 is 5.95 Å². The molecule has 4 heterocycles. The molecule has 2 fully saturated rings. The third-order valence-corrected chi connectivity index (χ3v) is 7.40. The first-order valence-corrected chi connectivity index (χ1v) is 12.2. The molecule has 0 radical (unpaired) electrons. The number of nitrogens with one attached hydrogen (secondary N) is 1. The minimum absolute atomic E-state index is 0.335. The first kappa shape index (κ1) is 21.4. The van der Waals surface area contributed by atoms with E-state index in [0.29, 0.717) is 28.9 Å². The summed E-state index contributed by atoms with van der Waals surface area (Å²) in [6.07, 6.45) is 5.37. The highest BCUT2D eigenvalue weighted by molar-refractivity contribution is 7.99. The van der Waals surface area contributed by atoms with Gasteiger partial charge in [0.1, 0.15) is 5.82 Å². The van der Waals surface area contributed by atoms with E-state index in [0.717, 1.165) is 55.2 Å². The molecule has 2 saturated heterocycles. The predicted molar refractivity (Wildman–Crippen MR) is 128 cm³/mol. The Hall–Kier alpha value is -2.48. The lowest BCUT2D eigenvalue weighted by Gasteiger charge is -2.30. The first-order chi connectivity index (χ1) is 15.7. The summed E-state index contributed by atoms with van der Waals surface area (Å²) >= 11 is 2.00. The van der Waals surface area contributed by atoms with Gasteiger partial charge in [-0.15, -0.1) is 0 Å². The lowest BCUT2D eigenvalue weighted by Crippen LogP contribution is -2.31. The van der Waals surface area contributed by atoms with Gasteiger partial charge in [-0.05, 0) is 59.2 Å². The lowest BCUT2D eigenvalue weighted by atomic mass is 9.84. The molecule has 0 amide bonds. The molecule has 0 aliphatic carbocycles. The van der Waals surface area contributed by atoms with Crippen LogP contribution in [0.4, 0.5) is 10.2 Å². The molecule has 0 unspecified atom stereocenters. The standard InChI is InChI=1S/C25H27FN4OS/c26-24-13-18(3-6-29-24)21-12-19(14-30-25(21)27)17-1-2-20(16-4-8-31-9-5-16)22(11-17)23-15-32-10-7-28-23/h1-3,6,11-14,16,23,28H,4-5,7-10,15H2,(H2,27,30)/t23-/m1/s1. The zero-order valence-corrected chi connectivity index (χ0v) is 18.7. The van der Waals surface area contributed by atoms with E-state index in [1.807, 2.05) is 17.8 Å². The van der Waals surface area contributed by atoms with Crippen LogP contribution in [0.5, 0.6) is 0 Å². The van der Waals surface area contributed by atoms with Gasteiger partial charge in [-0.3, -0.25) is 0 Å². The molecule has 3 aromatic rings. The second-order valence-corrected chi connectivity index (χ2v) is 9.49. The molecule has 5 rings (SSSR count). The van der Waals surface area contributed by atoms with Gasteiger partial charge in [0.05, 0.1) is 0 Å². The molecule has 0 saturated carbocycles. The van der Waals surface area contributed by atoms with Crippen LogP contribution in [0.3, 0.4) is 0 Å². The number of pyridine rings is 2. The average Bonchev–Trinajstić information content (AvgIpc) is 2.85. The molecule has 32 heavy (non-hydrogen) atoms. The van der Waals surface area contributed by atoms with Crippen LogP contribution in [0.25, 0.3) is 22.3 Å². The number of nitrogens with zero attached hydrogens (tertiary/aromatic N) is 2. The van der Waals surface area contributed by atoms with E-state index in [1.165, 1.54) is 23.4 Å². The maximum atomic E-state index is 13.7. The number of ether oxygens (including phenoxy) is 1. The maximum Gasteiger partial charge on any atom is 0.213 e. The van der Waals surface area contributed by atoms with Gasteiger partial charge in [0.2, 0.25) is 5.95 Å². The largest absolute Gasteiger partial charge is 0.383 e. The molecule has 5 nitrogen and oxygen atoms in total. The number of rotatable bonds is 4. The fourth-order valence-corrected chi connectivity index (χ4v) is 5.60. The van der Waals surface area contributed by atoms with Crippen LogP contribution in [0.15, 0.2) is 48.8 Å². The Morgan fingerprint density at radius 1 is 1.00 bits per heavy atom. The van der Waals surface area contributed by atoms with Crippen molar-refractivity contribution < 1.29 is 9.13 Å².